The molecule has 0 atom stereocenters. The fourth-order valence-corrected chi connectivity index (χ4v) is 7.25. The van der Waals surface area contributed by atoms with Crippen LogP contribution in [0.4, 0.5) is 0 Å². The Bertz CT molecular complexity index is 617. The van der Waals surface area contributed by atoms with Gasteiger partial charge in [-0.25, -0.2) is 0 Å². The van der Waals surface area contributed by atoms with Gasteiger partial charge in [0, 0.05) is 23.4 Å². The zero-order chi connectivity index (χ0) is 16.5. The number of hydrogen-bond acceptors (Lipinski definition) is 1. The first kappa shape index (κ1) is 17.1. The topological polar surface area (TPSA) is 14.2 Å². The summed E-state index contributed by atoms with van der Waals surface area (Å²) in [5.41, 5.74) is 2.59. The predicted octanol–water partition coefficient (Wildman–Crippen LogP) is 5.19. The molecule has 1 aromatic heterocycles. The van der Waals surface area contributed by atoms with Crippen LogP contribution in [0.5, 0.6) is 5.75 Å². The van der Waals surface area contributed by atoms with E-state index in [1.807, 2.05) is 12.1 Å². The van der Waals surface area contributed by atoms with Crippen molar-refractivity contribution in [2.45, 2.75) is 51.9 Å². The molecule has 0 bridgehead atoms. The summed E-state index contributed by atoms with van der Waals surface area (Å²) < 4.78 is 7.70. The quantitative estimate of drug-likeness (QED) is 0.711. The lowest BCUT2D eigenvalue weighted by Gasteiger charge is -2.41. The summed E-state index contributed by atoms with van der Waals surface area (Å²) in [6, 6.07) is 12.7. The molecular weight excluding hydrogens is 289 g/mol. The van der Waals surface area contributed by atoms with Gasteiger partial charge in [-0.05, 0) is 42.5 Å². The molecule has 2 aromatic rings. The van der Waals surface area contributed by atoms with E-state index in [9.17, 15) is 0 Å². The van der Waals surface area contributed by atoms with Crippen molar-refractivity contribution in [1.82, 2.24) is 4.57 Å². The van der Waals surface area contributed by atoms with Gasteiger partial charge in [0.05, 0.1) is 7.11 Å². The highest BCUT2D eigenvalue weighted by Crippen LogP contribution is 2.58. The van der Waals surface area contributed by atoms with Crippen molar-refractivity contribution in [2.24, 2.45) is 0 Å². The van der Waals surface area contributed by atoms with E-state index in [-0.39, 0.29) is 18.2 Å². The van der Waals surface area contributed by atoms with Crippen LogP contribution in [0, 0.1) is 0 Å². The van der Waals surface area contributed by atoms with Gasteiger partial charge in [-0.3, -0.25) is 0 Å². The van der Waals surface area contributed by atoms with Gasteiger partial charge in [-0.15, -0.1) is 0 Å². The van der Waals surface area contributed by atoms with Crippen molar-refractivity contribution < 1.29 is 4.74 Å². The van der Waals surface area contributed by atoms with Gasteiger partial charge >= 0.3 is 0 Å². The number of benzene rings is 1. The van der Waals surface area contributed by atoms with E-state index < -0.39 is 0 Å². The largest absolute Gasteiger partial charge is 0.497 e. The molecule has 0 N–H and O–H groups in total. The summed E-state index contributed by atoms with van der Waals surface area (Å²) in [4.78, 5) is 0. The van der Waals surface area contributed by atoms with E-state index in [0.29, 0.717) is 0 Å². The molecular formula is C19H28NOP. The lowest BCUT2D eigenvalue weighted by Crippen LogP contribution is -2.33. The summed E-state index contributed by atoms with van der Waals surface area (Å²) in [6.45, 7) is 14.1. The van der Waals surface area contributed by atoms with Crippen LogP contribution in [0.3, 0.4) is 0 Å². The Morgan fingerprint density at radius 3 is 2.09 bits per heavy atom. The zero-order valence-corrected chi connectivity index (χ0v) is 15.7. The lowest BCUT2D eigenvalue weighted by molar-refractivity contribution is 0.414. The minimum absolute atomic E-state index is 0.253. The van der Waals surface area contributed by atoms with Gasteiger partial charge in [-0.1, -0.05) is 47.6 Å². The standard InChI is InChI=1S/C19H28NOP/c1-18(2,3)22(19(4,5)6)17-12-9-13-20(17)15-10-8-11-16(14-15)21-7/h8-14H,1-7H3. The molecule has 0 fully saturated rings. The fourth-order valence-electron chi connectivity index (χ4n) is 3.23. The van der Waals surface area contributed by atoms with E-state index >= 15 is 0 Å². The Morgan fingerprint density at radius 2 is 1.55 bits per heavy atom. The minimum Gasteiger partial charge on any atom is -0.497 e. The van der Waals surface area contributed by atoms with Crippen LogP contribution in [0.1, 0.15) is 41.5 Å². The third kappa shape index (κ3) is 3.55. The maximum atomic E-state index is 5.38. The number of methoxy groups -OCH3 is 1. The number of nitrogens with zero attached hydrogens (tertiary/aromatic N) is 1. The van der Waals surface area contributed by atoms with Gasteiger partial charge in [0.25, 0.3) is 0 Å². The van der Waals surface area contributed by atoms with E-state index in [1.54, 1.807) is 7.11 Å². The van der Waals surface area contributed by atoms with Gasteiger partial charge in [0.2, 0.25) is 0 Å². The van der Waals surface area contributed by atoms with Crippen LogP contribution in [0.2, 0.25) is 0 Å². The molecule has 0 amide bonds. The fraction of sp³-hybridized carbons (Fsp3) is 0.474. The Kier molecular flexibility index (Phi) is 4.73. The molecule has 0 aliphatic rings. The second-order valence-electron chi connectivity index (χ2n) is 7.61. The first-order valence-corrected chi connectivity index (χ1v) is 9.11. The van der Waals surface area contributed by atoms with E-state index in [0.717, 1.165) is 5.75 Å². The Labute approximate surface area is 136 Å². The van der Waals surface area contributed by atoms with Crippen LogP contribution < -0.4 is 10.2 Å². The van der Waals surface area contributed by atoms with Crippen molar-refractivity contribution in [2.75, 3.05) is 7.11 Å². The normalized spacial score (nSPS) is 12.7. The average Bonchev–Trinajstić information content (AvgIpc) is 2.84. The van der Waals surface area contributed by atoms with E-state index in [4.69, 9.17) is 4.74 Å². The number of aromatic nitrogens is 1. The van der Waals surface area contributed by atoms with Crippen LogP contribution >= 0.6 is 7.92 Å². The molecule has 1 heterocycles. The van der Waals surface area contributed by atoms with Crippen LogP contribution in [-0.4, -0.2) is 22.0 Å². The number of rotatable bonds is 3. The van der Waals surface area contributed by atoms with Crippen molar-refractivity contribution in [3.8, 4) is 11.4 Å². The van der Waals surface area contributed by atoms with Crippen molar-refractivity contribution in [3.63, 3.8) is 0 Å². The monoisotopic (exact) mass is 317 g/mol. The van der Waals surface area contributed by atoms with Crippen molar-refractivity contribution >= 4 is 13.4 Å². The van der Waals surface area contributed by atoms with Gasteiger partial charge in [0.15, 0.2) is 0 Å². The molecule has 0 saturated carbocycles. The van der Waals surface area contributed by atoms with Gasteiger partial charge in [-0.2, -0.15) is 0 Å². The predicted molar refractivity (Wildman–Crippen MR) is 98.4 cm³/mol. The Balaban J connectivity index is 2.56. The minimum atomic E-state index is -0.337. The highest BCUT2D eigenvalue weighted by molar-refractivity contribution is 7.68. The molecule has 0 unspecified atom stereocenters. The summed E-state index contributed by atoms with van der Waals surface area (Å²) >= 11 is 0. The molecule has 1 aromatic carbocycles. The zero-order valence-electron chi connectivity index (χ0n) is 14.8. The van der Waals surface area contributed by atoms with Gasteiger partial charge < -0.3 is 9.30 Å². The average molecular weight is 317 g/mol. The van der Waals surface area contributed by atoms with Crippen LogP contribution in [0.25, 0.3) is 5.69 Å². The first-order valence-electron chi connectivity index (χ1n) is 7.77. The number of ether oxygens (including phenoxy) is 1. The maximum absolute atomic E-state index is 5.38. The van der Waals surface area contributed by atoms with Crippen LogP contribution in [-0.2, 0) is 0 Å². The van der Waals surface area contributed by atoms with Crippen LogP contribution in [0.15, 0.2) is 42.6 Å². The first-order chi connectivity index (χ1) is 10.1. The SMILES string of the molecule is COc1cccc(-n2cccc2P(C(C)(C)C)C(C)(C)C)c1. The molecule has 0 saturated heterocycles. The summed E-state index contributed by atoms with van der Waals surface area (Å²) in [7, 11) is 1.38. The summed E-state index contributed by atoms with van der Waals surface area (Å²) in [6.07, 6.45) is 2.16. The second-order valence-corrected chi connectivity index (χ2v) is 11.4. The number of hydrogen-bond donors (Lipinski definition) is 0. The maximum Gasteiger partial charge on any atom is 0.120 e. The lowest BCUT2D eigenvalue weighted by atomic mass is 10.2. The molecule has 22 heavy (non-hydrogen) atoms. The third-order valence-corrected chi connectivity index (χ3v) is 7.14. The third-order valence-electron chi connectivity index (χ3n) is 3.63. The van der Waals surface area contributed by atoms with E-state index in [2.05, 4.69) is 76.6 Å². The molecule has 3 heteroatoms. The smallest absolute Gasteiger partial charge is 0.120 e. The van der Waals surface area contributed by atoms with Crippen molar-refractivity contribution in [1.29, 1.82) is 0 Å². The molecule has 2 rings (SSSR count). The molecule has 0 spiro atoms. The molecule has 0 aliphatic heterocycles. The summed E-state index contributed by atoms with van der Waals surface area (Å²) in [5.74, 6) is 0.896. The molecule has 0 radical (unpaired) electrons. The highest BCUT2D eigenvalue weighted by atomic mass is 31.1. The molecule has 0 aliphatic carbocycles. The van der Waals surface area contributed by atoms with Gasteiger partial charge in [0.1, 0.15) is 5.75 Å². The summed E-state index contributed by atoms with van der Waals surface area (Å²) in [5, 5.41) is 0.505. The Hall–Kier alpha value is -1.27. The highest BCUT2D eigenvalue weighted by Gasteiger charge is 2.37. The molecule has 2 nitrogen and oxygen atoms in total. The van der Waals surface area contributed by atoms with E-state index in [1.165, 1.54) is 11.1 Å². The second kappa shape index (κ2) is 6.08. The molecule has 120 valence electrons. The van der Waals surface area contributed by atoms with Crippen molar-refractivity contribution in [3.05, 3.63) is 42.6 Å². The Morgan fingerprint density at radius 1 is 0.909 bits per heavy atom.